The van der Waals surface area contributed by atoms with Crippen LogP contribution in [0.5, 0.6) is 0 Å². The zero-order valence-corrected chi connectivity index (χ0v) is 9.97. The Bertz CT molecular complexity index is 435. The van der Waals surface area contributed by atoms with Gasteiger partial charge in [-0.25, -0.2) is 8.42 Å². The molecular weight excluding hydrogens is 248 g/mol. The quantitative estimate of drug-likeness (QED) is 0.553. The van der Waals surface area contributed by atoms with Gasteiger partial charge in [-0.3, -0.25) is 9.59 Å². The second kappa shape index (κ2) is 4.26. The summed E-state index contributed by atoms with van der Waals surface area (Å²) in [6.07, 6.45) is -0.427. The van der Waals surface area contributed by atoms with E-state index in [4.69, 9.17) is 0 Å². The van der Waals surface area contributed by atoms with E-state index in [2.05, 4.69) is 0 Å². The molecule has 1 N–H and O–H groups in total. The number of carbonyl (C=O) groups excluding carboxylic acids is 2. The van der Waals surface area contributed by atoms with Gasteiger partial charge in [0.2, 0.25) is 12.3 Å². The van der Waals surface area contributed by atoms with Crippen molar-refractivity contribution >= 4 is 22.2 Å². The Morgan fingerprint density at radius 1 is 1.29 bits per heavy atom. The molecule has 17 heavy (non-hydrogen) atoms. The Labute approximate surface area is 98.9 Å². The lowest BCUT2D eigenvalue weighted by molar-refractivity contribution is -0.143. The first-order valence-electron chi connectivity index (χ1n) is 5.30. The molecule has 0 aliphatic carbocycles. The monoisotopic (exact) mass is 262 g/mol. The van der Waals surface area contributed by atoms with Crippen LogP contribution >= 0.6 is 0 Å². The molecule has 0 radical (unpaired) electrons. The average molecular weight is 262 g/mol. The predicted molar refractivity (Wildman–Crippen MR) is 57.8 cm³/mol. The first-order chi connectivity index (χ1) is 7.93. The number of amides is 2. The lowest BCUT2D eigenvalue weighted by atomic mass is 10.1. The molecule has 7 nitrogen and oxygen atoms in total. The van der Waals surface area contributed by atoms with Gasteiger partial charge in [-0.05, 0) is 0 Å². The number of hydrogen-bond donors (Lipinski definition) is 1. The van der Waals surface area contributed by atoms with Gasteiger partial charge in [0.1, 0.15) is 0 Å². The van der Waals surface area contributed by atoms with Gasteiger partial charge in [0, 0.05) is 13.1 Å². The molecule has 2 aliphatic rings. The molecule has 2 rings (SSSR count). The van der Waals surface area contributed by atoms with Crippen molar-refractivity contribution in [2.24, 2.45) is 0 Å². The van der Waals surface area contributed by atoms with E-state index in [0.717, 1.165) is 0 Å². The van der Waals surface area contributed by atoms with E-state index in [1.807, 2.05) is 0 Å². The van der Waals surface area contributed by atoms with E-state index in [9.17, 15) is 23.1 Å². The number of nitrogens with zero attached hydrogens (tertiary/aromatic N) is 2. The second-order valence-electron chi connectivity index (χ2n) is 4.37. The van der Waals surface area contributed by atoms with E-state index in [1.54, 1.807) is 0 Å². The molecule has 0 bridgehead atoms. The third kappa shape index (κ3) is 2.42. The van der Waals surface area contributed by atoms with Gasteiger partial charge in [0.15, 0.2) is 9.84 Å². The van der Waals surface area contributed by atoms with Crippen molar-refractivity contribution in [1.82, 2.24) is 9.80 Å². The molecule has 0 aromatic carbocycles. The van der Waals surface area contributed by atoms with Gasteiger partial charge >= 0.3 is 0 Å². The maximum Gasteiger partial charge on any atom is 0.242 e. The molecule has 2 atom stereocenters. The van der Waals surface area contributed by atoms with Crippen LogP contribution in [0.25, 0.3) is 0 Å². The standard InChI is InChI=1S/C9H14N2O5S/c12-6-10-1-2-11(9(14)3-10)7-4-17(15,16)5-8(7)13/h6-8,13H,1-5H2/t7-,8-/m0/s1. The van der Waals surface area contributed by atoms with Crippen LogP contribution in [0, 0.1) is 0 Å². The molecule has 0 saturated carbocycles. The lowest BCUT2D eigenvalue weighted by Gasteiger charge is -2.36. The molecule has 2 aliphatic heterocycles. The summed E-state index contributed by atoms with van der Waals surface area (Å²) in [4.78, 5) is 24.9. The molecule has 2 fully saturated rings. The largest absolute Gasteiger partial charge is 0.390 e. The molecule has 96 valence electrons. The van der Waals surface area contributed by atoms with Gasteiger partial charge in [-0.15, -0.1) is 0 Å². The topological polar surface area (TPSA) is 95.0 Å². The number of aliphatic hydroxyl groups is 1. The zero-order chi connectivity index (χ0) is 12.6. The SMILES string of the molecule is O=CN1CCN([C@H]2CS(=O)(=O)C[C@@H]2O)C(=O)C1. The fourth-order valence-corrected chi connectivity index (χ4v) is 4.05. The Kier molecular flexibility index (Phi) is 3.09. The van der Waals surface area contributed by atoms with Crippen LogP contribution in [-0.2, 0) is 19.4 Å². The number of carbonyl (C=O) groups is 2. The lowest BCUT2D eigenvalue weighted by Crippen LogP contribution is -2.56. The summed E-state index contributed by atoms with van der Waals surface area (Å²) >= 11 is 0. The summed E-state index contributed by atoms with van der Waals surface area (Å²) in [5.74, 6) is -0.802. The highest BCUT2D eigenvalue weighted by atomic mass is 32.2. The third-order valence-corrected chi connectivity index (χ3v) is 4.83. The van der Waals surface area contributed by atoms with E-state index in [1.165, 1.54) is 9.80 Å². The molecular formula is C9H14N2O5S. The van der Waals surface area contributed by atoms with Crippen LogP contribution in [0.3, 0.4) is 0 Å². The predicted octanol–water partition coefficient (Wildman–Crippen LogP) is -2.56. The van der Waals surface area contributed by atoms with E-state index < -0.39 is 22.0 Å². The zero-order valence-electron chi connectivity index (χ0n) is 9.15. The number of piperazine rings is 1. The summed E-state index contributed by atoms with van der Waals surface area (Å²) in [7, 11) is -3.26. The van der Waals surface area contributed by atoms with Crippen molar-refractivity contribution in [2.45, 2.75) is 12.1 Å². The highest BCUT2D eigenvalue weighted by molar-refractivity contribution is 7.91. The van der Waals surface area contributed by atoms with Gasteiger partial charge in [0.05, 0.1) is 30.2 Å². The second-order valence-corrected chi connectivity index (χ2v) is 6.53. The van der Waals surface area contributed by atoms with Crippen molar-refractivity contribution in [3.8, 4) is 0 Å². The minimum atomic E-state index is -3.26. The fourth-order valence-electron chi connectivity index (χ4n) is 2.25. The Morgan fingerprint density at radius 2 is 2.00 bits per heavy atom. The summed E-state index contributed by atoms with van der Waals surface area (Å²) in [5.41, 5.74) is 0. The van der Waals surface area contributed by atoms with Crippen molar-refractivity contribution in [3.63, 3.8) is 0 Å². The van der Waals surface area contributed by atoms with Crippen molar-refractivity contribution in [1.29, 1.82) is 0 Å². The molecule has 2 amide bonds. The first kappa shape index (κ1) is 12.3. The van der Waals surface area contributed by atoms with Crippen molar-refractivity contribution < 1.29 is 23.1 Å². The summed E-state index contributed by atoms with van der Waals surface area (Å²) in [6, 6.07) is -0.665. The molecule has 0 aromatic heterocycles. The average Bonchev–Trinajstić information content (AvgIpc) is 2.52. The maximum atomic E-state index is 11.7. The van der Waals surface area contributed by atoms with Crippen LogP contribution in [0.2, 0.25) is 0 Å². The van der Waals surface area contributed by atoms with Crippen LogP contribution < -0.4 is 0 Å². The molecule has 0 aromatic rings. The number of sulfone groups is 1. The highest BCUT2D eigenvalue weighted by Crippen LogP contribution is 2.20. The summed E-state index contributed by atoms with van der Waals surface area (Å²) in [6.45, 7) is 0.597. The van der Waals surface area contributed by atoms with Crippen molar-refractivity contribution in [3.05, 3.63) is 0 Å². The van der Waals surface area contributed by atoms with Crippen LogP contribution in [-0.4, -0.2) is 78.9 Å². The summed E-state index contributed by atoms with van der Waals surface area (Å²) in [5, 5.41) is 9.66. The fraction of sp³-hybridized carbons (Fsp3) is 0.778. The normalized spacial score (nSPS) is 32.9. The summed E-state index contributed by atoms with van der Waals surface area (Å²) < 4.78 is 22.7. The van der Waals surface area contributed by atoms with Crippen LogP contribution in [0.1, 0.15) is 0 Å². The van der Waals surface area contributed by atoms with Crippen molar-refractivity contribution in [2.75, 3.05) is 31.1 Å². The maximum absolute atomic E-state index is 11.7. The van der Waals surface area contributed by atoms with E-state index >= 15 is 0 Å². The molecule has 0 spiro atoms. The Hall–Kier alpha value is -1.15. The number of hydrogen-bond acceptors (Lipinski definition) is 5. The van der Waals surface area contributed by atoms with Gasteiger partial charge in [-0.2, -0.15) is 0 Å². The van der Waals surface area contributed by atoms with E-state index in [-0.39, 0.29) is 30.5 Å². The van der Waals surface area contributed by atoms with Crippen LogP contribution in [0.15, 0.2) is 0 Å². The Morgan fingerprint density at radius 3 is 2.47 bits per heavy atom. The van der Waals surface area contributed by atoms with Crippen LogP contribution in [0.4, 0.5) is 0 Å². The molecule has 2 heterocycles. The molecule has 0 unspecified atom stereocenters. The molecule has 8 heteroatoms. The minimum absolute atomic E-state index is 0.0488. The smallest absolute Gasteiger partial charge is 0.242 e. The highest BCUT2D eigenvalue weighted by Gasteiger charge is 2.42. The third-order valence-electron chi connectivity index (χ3n) is 3.13. The molecule has 2 saturated heterocycles. The van der Waals surface area contributed by atoms with Gasteiger partial charge < -0.3 is 14.9 Å². The van der Waals surface area contributed by atoms with Gasteiger partial charge in [0.25, 0.3) is 0 Å². The minimum Gasteiger partial charge on any atom is -0.390 e. The van der Waals surface area contributed by atoms with Gasteiger partial charge in [-0.1, -0.05) is 0 Å². The number of rotatable bonds is 2. The number of aliphatic hydroxyl groups excluding tert-OH is 1. The first-order valence-corrected chi connectivity index (χ1v) is 7.12. The Balaban J connectivity index is 2.09. The van der Waals surface area contributed by atoms with E-state index in [0.29, 0.717) is 13.0 Å².